The minimum Gasteiger partial charge on any atom is -0.435 e. The zero-order valence-electron chi connectivity index (χ0n) is 10.0. The first-order valence-electron chi connectivity index (χ1n) is 5.51. The van der Waals surface area contributed by atoms with Gasteiger partial charge in [0.25, 0.3) is 0 Å². The zero-order valence-corrected chi connectivity index (χ0v) is 11.6. The van der Waals surface area contributed by atoms with Crippen LogP contribution in [-0.2, 0) is 14.4 Å². The average molecular weight is 300 g/mol. The molecular formula is C9H16ClN2O5S+. The molecule has 0 atom stereocenters. The fourth-order valence-electron chi connectivity index (χ4n) is 1.86. The monoisotopic (exact) mass is 299 g/mol. The lowest BCUT2D eigenvalue weighted by Crippen LogP contribution is -2.55. The summed E-state index contributed by atoms with van der Waals surface area (Å²) < 4.78 is 25.3. The molecule has 1 aliphatic rings. The SMILES string of the molecule is CS(=O)(=O)ON=C(Cl)[N+]1(C(=O)O)CCCCCC1. The maximum Gasteiger partial charge on any atom is 0.520 e. The van der Waals surface area contributed by atoms with Crippen molar-refractivity contribution in [3.8, 4) is 0 Å². The van der Waals surface area contributed by atoms with Crippen LogP contribution in [0.25, 0.3) is 0 Å². The van der Waals surface area contributed by atoms with E-state index in [1.807, 2.05) is 0 Å². The molecule has 0 aromatic carbocycles. The number of oxime groups is 1. The molecule has 9 heteroatoms. The summed E-state index contributed by atoms with van der Waals surface area (Å²) in [6.45, 7) is 0.565. The molecule has 1 heterocycles. The Labute approximate surface area is 111 Å². The van der Waals surface area contributed by atoms with Crippen LogP contribution in [0.4, 0.5) is 4.79 Å². The third kappa shape index (κ3) is 3.82. The molecule has 0 bridgehead atoms. The predicted molar refractivity (Wildman–Crippen MR) is 65.7 cm³/mol. The number of hydrogen-bond donors (Lipinski definition) is 1. The molecule has 0 radical (unpaired) electrons. The van der Waals surface area contributed by atoms with Gasteiger partial charge in [0.15, 0.2) is 0 Å². The first-order chi connectivity index (χ1) is 8.28. The number of amidine groups is 1. The van der Waals surface area contributed by atoms with Crippen molar-refractivity contribution in [1.29, 1.82) is 0 Å². The molecule has 104 valence electrons. The second-order valence-electron chi connectivity index (χ2n) is 4.25. The van der Waals surface area contributed by atoms with E-state index < -0.39 is 20.7 Å². The van der Waals surface area contributed by atoms with Gasteiger partial charge in [0.05, 0.1) is 19.3 Å². The number of rotatable bonds is 2. The van der Waals surface area contributed by atoms with Gasteiger partial charge in [0, 0.05) is 16.8 Å². The fraction of sp³-hybridized carbons (Fsp3) is 0.778. The minimum absolute atomic E-state index is 0.283. The second-order valence-corrected chi connectivity index (χ2v) is 6.15. The second kappa shape index (κ2) is 5.85. The smallest absolute Gasteiger partial charge is 0.435 e. The summed E-state index contributed by atoms with van der Waals surface area (Å²) in [6.07, 6.45) is 2.89. The molecule has 0 aromatic heterocycles. The van der Waals surface area contributed by atoms with Crippen LogP contribution in [0.2, 0.25) is 0 Å². The van der Waals surface area contributed by atoms with Gasteiger partial charge >= 0.3 is 21.5 Å². The van der Waals surface area contributed by atoms with Crippen molar-refractivity contribution in [2.24, 2.45) is 5.16 Å². The number of carboxylic acid groups (broad SMARTS) is 1. The first-order valence-corrected chi connectivity index (χ1v) is 7.71. The fourth-order valence-corrected chi connectivity index (χ4v) is 2.38. The standard InChI is InChI=1S/C9H15ClN2O5S/c1-18(15,16)17-11-8(10)12(9(13)14)6-4-2-3-5-7-12/h2-7H2,1H3/p+1. The normalized spacial score (nSPS) is 21.1. The maximum atomic E-state index is 11.4. The van der Waals surface area contributed by atoms with Crippen LogP contribution in [0.15, 0.2) is 5.16 Å². The third-order valence-corrected chi connectivity index (χ3v) is 3.53. The summed E-state index contributed by atoms with van der Waals surface area (Å²) in [4.78, 5) is 11.4. The highest BCUT2D eigenvalue weighted by atomic mass is 35.5. The van der Waals surface area contributed by atoms with Crippen LogP contribution in [0, 0.1) is 0 Å². The number of hydrogen-bond acceptors (Lipinski definition) is 5. The van der Waals surface area contributed by atoms with Gasteiger partial charge in [-0.2, -0.15) is 17.7 Å². The Morgan fingerprint density at radius 3 is 2.17 bits per heavy atom. The van der Waals surface area contributed by atoms with E-state index in [4.69, 9.17) is 11.6 Å². The van der Waals surface area contributed by atoms with Crippen molar-refractivity contribution in [1.82, 2.24) is 0 Å². The van der Waals surface area contributed by atoms with Crippen molar-refractivity contribution in [3.05, 3.63) is 0 Å². The summed E-state index contributed by atoms with van der Waals surface area (Å²) in [5.41, 5.74) is 0. The average Bonchev–Trinajstić information content (AvgIpc) is 2.51. The van der Waals surface area contributed by atoms with Crippen molar-refractivity contribution < 1.29 is 27.1 Å². The maximum absolute atomic E-state index is 11.4. The molecule has 0 unspecified atom stereocenters. The lowest BCUT2D eigenvalue weighted by Gasteiger charge is -2.27. The summed E-state index contributed by atoms with van der Waals surface area (Å²) >= 11 is 5.84. The van der Waals surface area contributed by atoms with Crippen LogP contribution in [0.3, 0.4) is 0 Å². The molecule has 1 fully saturated rings. The summed E-state index contributed by atoms with van der Waals surface area (Å²) in [5.74, 6) is 0. The number of halogens is 1. The van der Waals surface area contributed by atoms with Gasteiger partial charge < -0.3 is 5.11 Å². The van der Waals surface area contributed by atoms with Crippen LogP contribution in [0.5, 0.6) is 0 Å². The van der Waals surface area contributed by atoms with Gasteiger partial charge in [-0.1, -0.05) is 0 Å². The quantitative estimate of drug-likeness (QED) is 0.274. The minimum atomic E-state index is -3.79. The Morgan fingerprint density at radius 2 is 1.78 bits per heavy atom. The van der Waals surface area contributed by atoms with E-state index in [9.17, 15) is 18.3 Å². The summed E-state index contributed by atoms with van der Waals surface area (Å²) in [7, 11) is -3.79. The number of nitrogens with zero attached hydrogens (tertiary/aromatic N) is 2. The van der Waals surface area contributed by atoms with E-state index in [-0.39, 0.29) is 18.4 Å². The number of carbonyl (C=O) groups is 1. The third-order valence-electron chi connectivity index (χ3n) is 2.80. The van der Waals surface area contributed by atoms with Crippen molar-refractivity contribution in [2.75, 3.05) is 19.3 Å². The predicted octanol–water partition coefficient (Wildman–Crippen LogP) is 1.54. The number of amides is 1. The molecule has 1 saturated heterocycles. The van der Waals surface area contributed by atoms with Gasteiger partial charge in [0.2, 0.25) is 0 Å². The zero-order chi connectivity index (χ0) is 13.8. The Bertz CT molecular complexity index is 440. The highest BCUT2D eigenvalue weighted by Crippen LogP contribution is 2.22. The van der Waals surface area contributed by atoms with E-state index in [0.29, 0.717) is 12.8 Å². The summed E-state index contributed by atoms with van der Waals surface area (Å²) in [5, 5.41) is 12.2. The van der Waals surface area contributed by atoms with Gasteiger partial charge in [-0.15, -0.1) is 0 Å². The van der Waals surface area contributed by atoms with Crippen molar-refractivity contribution >= 4 is 33.1 Å². The Kier molecular flexibility index (Phi) is 4.94. The Morgan fingerprint density at radius 1 is 1.28 bits per heavy atom. The number of likely N-dealkylation sites (tertiary alicyclic amines) is 1. The van der Waals surface area contributed by atoms with Crippen LogP contribution < -0.4 is 0 Å². The van der Waals surface area contributed by atoms with E-state index >= 15 is 0 Å². The molecule has 1 amide bonds. The highest BCUT2D eigenvalue weighted by molar-refractivity contribution is 7.85. The molecule has 0 aromatic rings. The van der Waals surface area contributed by atoms with Gasteiger partial charge in [-0.05, 0) is 25.7 Å². The molecule has 18 heavy (non-hydrogen) atoms. The Hall–Kier alpha value is -0.860. The van der Waals surface area contributed by atoms with Crippen LogP contribution >= 0.6 is 11.6 Å². The first kappa shape index (κ1) is 15.2. The molecule has 0 spiro atoms. The van der Waals surface area contributed by atoms with E-state index in [1.165, 1.54) is 0 Å². The van der Waals surface area contributed by atoms with Gasteiger partial charge in [0.1, 0.15) is 0 Å². The lowest BCUT2D eigenvalue weighted by molar-refractivity contribution is -0.763. The summed E-state index contributed by atoms with van der Waals surface area (Å²) in [6, 6.07) is 0. The van der Waals surface area contributed by atoms with E-state index in [2.05, 4.69) is 9.44 Å². The molecule has 1 N–H and O–H groups in total. The molecule has 7 nitrogen and oxygen atoms in total. The number of quaternary nitrogens is 1. The highest BCUT2D eigenvalue weighted by Gasteiger charge is 2.43. The van der Waals surface area contributed by atoms with E-state index in [0.717, 1.165) is 19.1 Å². The van der Waals surface area contributed by atoms with Crippen molar-refractivity contribution in [3.63, 3.8) is 0 Å². The van der Waals surface area contributed by atoms with Gasteiger partial charge in [-0.3, -0.25) is 4.28 Å². The molecule has 1 aliphatic heterocycles. The van der Waals surface area contributed by atoms with E-state index in [1.54, 1.807) is 0 Å². The lowest BCUT2D eigenvalue weighted by atomic mass is 10.2. The molecule has 0 aliphatic carbocycles. The Balaban J connectivity index is 2.99. The largest absolute Gasteiger partial charge is 0.520 e. The molecule has 1 rings (SSSR count). The van der Waals surface area contributed by atoms with Gasteiger partial charge in [-0.25, -0.2) is 0 Å². The van der Waals surface area contributed by atoms with Crippen LogP contribution in [0.1, 0.15) is 25.7 Å². The van der Waals surface area contributed by atoms with Crippen molar-refractivity contribution in [2.45, 2.75) is 25.7 Å². The molecular weight excluding hydrogens is 284 g/mol. The van der Waals surface area contributed by atoms with Crippen LogP contribution in [-0.4, -0.2) is 48.7 Å². The topological polar surface area (TPSA) is 93.0 Å². The molecule has 0 saturated carbocycles.